The number of nitrogens with two attached hydrogens (primary N) is 1. The fourth-order valence-corrected chi connectivity index (χ4v) is 1.44. The maximum absolute atomic E-state index is 11.2. The molecule has 2 amide bonds. The van der Waals surface area contributed by atoms with Gasteiger partial charge in [-0.05, 0) is 12.5 Å². The molecule has 0 saturated carbocycles. The maximum Gasteiger partial charge on any atom is 0.330 e. The van der Waals surface area contributed by atoms with Crippen molar-refractivity contribution in [1.82, 2.24) is 10.9 Å². The first-order chi connectivity index (χ1) is 10.1. The molecule has 0 bridgehead atoms. The van der Waals surface area contributed by atoms with Gasteiger partial charge >= 0.3 is 12.0 Å². The number of hydrazine groups is 1. The quantitative estimate of drug-likeness (QED) is 0.393. The molecule has 1 rings (SSSR count). The second kappa shape index (κ2) is 9.13. The van der Waals surface area contributed by atoms with E-state index in [-0.39, 0.29) is 6.54 Å². The Labute approximate surface area is 122 Å². The smallest absolute Gasteiger partial charge is 0.330 e. The molecule has 1 aromatic carbocycles. The van der Waals surface area contributed by atoms with E-state index in [2.05, 4.69) is 15.8 Å². The fourth-order valence-electron chi connectivity index (χ4n) is 1.44. The van der Waals surface area contributed by atoms with Crippen LogP contribution in [0.3, 0.4) is 0 Å². The molecule has 21 heavy (non-hydrogen) atoms. The fraction of sp³-hybridized carbons (Fsp3) is 0.214. The normalized spacial score (nSPS) is 11.2. The third-order valence-corrected chi connectivity index (χ3v) is 2.29. The molecule has 112 valence electrons. The summed E-state index contributed by atoms with van der Waals surface area (Å²) in [5.41, 5.74) is 11.3. The van der Waals surface area contributed by atoms with E-state index < -0.39 is 12.0 Å². The third-order valence-electron chi connectivity index (χ3n) is 2.29. The highest BCUT2D eigenvalue weighted by Crippen LogP contribution is 2.10. The zero-order valence-corrected chi connectivity index (χ0v) is 11.7. The van der Waals surface area contributed by atoms with Gasteiger partial charge < -0.3 is 15.9 Å². The summed E-state index contributed by atoms with van der Waals surface area (Å²) in [6.45, 7) is 1.98. The molecule has 0 aliphatic rings. The monoisotopic (exact) mass is 290 g/mol. The van der Waals surface area contributed by atoms with Crippen LogP contribution in [0.25, 0.3) is 5.57 Å². The largest absolute Gasteiger partial charge is 0.465 e. The minimum Gasteiger partial charge on any atom is -0.465 e. The molecule has 0 radical (unpaired) electrons. The van der Waals surface area contributed by atoms with E-state index in [1.54, 1.807) is 6.92 Å². The van der Waals surface area contributed by atoms with E-state index in [9.17, 15) is 9.59 Å². The molecule has 0 heterocycles. The second-order valence-electron chi connectivity index (χ2n) is 3.87. The lowest BCUT2D eigenvalue weighted by Gasteiger charge is -2.05. The lowest BCUT2D eigenvalue weighted by Crippen LogP contribution is -2.38. The number of aliphatic imine (C=N–C) groups is 1. The summed E-state index contributed by atoms with van der Waals surface area (Å²) in [6, 6.07) is 8.64. The van der Waals surface area contributed by atoms with Crippen molar-refractivity contribution in [3.05, 3.63) is 42.1 Å². The average Bonchev–Trinajstić information content (AvgIpc) is 2.46. The first kappa shape index (κ1) is 16.2. The zero-order chi connectivity index (χ0) is 15.5. The number of primary amides is 1. The molecule has 0 aliphatic heterocycles. The number of nitrogens with zero attached hydrogens (tertiary/aromatic N) is 1. The minimum atomic E-state index is -0.706. The van der Waals surface area contributed by atoms with Gasteiger partial charge in [0.1, 0.15) is 6.54 Å². The first-order valence-electron chi connectivity index (χ1n) is 6.35. The maximum atomic E-state index is 11.2. The number of hydrogen-bond donors (Lipinski definition) is 3. The van der Waals surface area contributed by atoms with Crippen LogP contribution in [0.2, 0.25) is 0 Å². The molecule has 7 heteroatoms. The van der Waals surface area contributed by atoms with Gasteiger partial charge in [0, 0.05) is 18.0 Å². The predicted molar refractivity (Wildman–Crippen MR) is 80.3 cm³/mol. The Hall–Kier alpha value is -2.83. The van der Waals surface area contributed by atoms with E-state index in [4.69, 9.17) is 10.5 Å². The van der Waals surface area contributed by atoms with Crippen LogP contribution in [0, 0.1) is 0 Å². The van der Waals surface area contributed by atoms with Crippen molar-refractivity contribution >= 4 is 23.8 Å². The molecule has 0 saturated heterocycles. The molecule has 0 atom stereocenters. The van der Waals surface area contributed by atoms with Crippen molar-refractivity contribution in [3.63, 3.8) is 0 Å². The zero-order valence-electron chi connectivity index (χ0n) is 11.7. The molecule has 0 aliphatic carbocycles. The Morgan fingerprint density at radius 2 is 2.05 bits per heavy atom. The minimum absolute atomic E-state index is 0.0682. The number of hydrogen-bond acceptors (Lipinski definition) is 5. The summed E-state index contributed by atoms with van der Waals surface area (Å²) in [6.07, 6.45) is 3.04. The van der Waals surface area contributed by atoms with E-state index in [0.717, 1.165) is 5.56 Å². The number of amides is 2. The Bertz CT molecular complexity index is 526. The molecule has 4 N–H and O–H groups in total. The molecule has 7 nitrogen and oxygen atoms in total. The third kappa shape index (κ3) is 6.76. The Morgan fingerprint density at radius 3 is 2.67 bits per heavy atom. The second-order valence-corrected chi connectivity index (χ2v) is 3.87. The van der Waals surface area contributed by atoms with Crippen LogP contribution >= 0.6 is 0 Å². The van der Waals surface area contributed by atoms with Crippen molar-refractivity contribution in [1.29, 1.82) is 0 Å². The van der Waals surface area contributed by atoms with E-state index in [1.807, 2.05) is 30.3 Å². The number of esters is 1. The van der Waals surface area contributed by atoms with Crippen molar-refractivity contribution < 1.29 is 14.3 Å². The van der Waals surface area contributed by atoms with Crippen LogP contribution in [0.1, 0.15) is 12.5 Å². The van der Waals surface area contributed by atoms with Gasteiger partial charge in [0.05, 0.1) is 6.61 Å². The number of ether oxygens (including phenoxy) is 1. The number of rotatable bonds is 7. The summed E-state index contributed by atoms with van der Waals surface area (Å²) in [5.74, 6) is -0.399. The lowest BCUT2D eigenvalue weighted by atomic mass is 10.1. The van der Waals surface area contributed by atoms with E-state index >= 15 is 0 Å². The van der Waals surface area contributed by atoms with Crippen LogP contribution in [-0.4, -0.2) is 31.4 Å². The van der Waals surface area contributed by atoms with Crippen LogP contribution in [0.4, 0.5) is 4.79 Å². The summed E-state index contributed by atoms with van der Waals surface area (Å²) in [4.78, 5) is 25.8. The summed E-state index contributed by atoms with van der Waals surface area (Å²) < 4.78 is 4.78. The predicted octanol–water partition coefficient (Wildman–Crippen LogP) is 0.834. The highest BCUT2D eigenvalue weighted by molar-refractivity contribution is 6.10. The van der Waals surface area contributed by atoms with Gasteiger partial charge in [-0.25, -0.2) is 4.79 Å². The van der Waals surface area contributed by atoms with Gasteiger partial charge in [0.25, 0.3) is 0 Å². The first-order valence-corrected chi connectivity index (χ1v) is 6.35. The summed E-state index contributed by atoms with van der Waals surface area (Å²) >= 11 is 0. The average molecular weight is 290 g/mol. The van der Waals surface area contributed by atoms with Crippen LogP contribution in [0.5, 0.6) is 0 Å². The number of urea groups is 1. The Kier molecular flexibility index (Phi) is 7.06. The molecule has 0 aromatic heterocycles. The van der Waals surface area contributed by atoms with Gasteiger partial charge in [0.15, 0.2) is 0 Å². The van der Waals surface area contributed by atoms with Gasteiger partial charge in [-0.15, -0.1) is 0 Å². The highest BCUT2D eigenvalue weighted by Gasteiger charge is 2.00. The standard InChI is InChI=1S/C14H18N4O3/c1-2-21-13(19)10-16-8-12(9-17-18-14(15)20)11-6-4-3-5-7-11/h3-9,17H,2,10H2,1H3,(H3,15,18,20)/b12-9-,16-8?. The topological polar surface area (TPSA) is 106 Å². The number of benzene rings is 1. The van der Waals surface area contributed by atoms with E-state index in [1.165, 1.54) is 12.4 Å². The van der Waals surface area contributed by atoms with Crippen molar-refractivity contribution in [2.24, 2.45) is 10.7 Å². The molecule has 1 aromatic rings. The number of carbonyl (C=O) groups is 2. The molecule has 0 spiro atoms. The van der Waals surface area contributed by atoms with E-state index in [0.29, 0.717) is 12.2 Å². The van der Waals surface area contributed by atoms with Gasteiger partial charge in [0.2, 0.25) is 0 Å². The molecular weight excluding hydrogens is 272 g/mol. The van der Waals surface area contributed by atoms with Crippen LogP contribution < -0.4 is 16.6 Å². The number of nitrogens with one attached hydrogen (secondary N) is 2. The summed E-state index contributed by atoms with van der Waals surface area (Å²) in [7, 11) is 0. The molecule has 0 fully saturated rings. The number of allylic oxidation sites excluding steroid dienone is 1. The van der Waals surface area contributed by atoms with Crippen LogP contribution in [-0.2, 0) is 9.53 Å². The van der Waals surface area contributed by atoms with Crippen molar-refractivity contribution in [2.45, 2.75) is 6.92 Å². The highest BCUT2D eigenvalue weighted by atomic mass is 16.5. The molecular formula is C14H18N4O3. The SMILES string of the molecule is CCOC(=O)CN=C/C(=C/NNC(N)=O)c1ccccc1. The Morgan fingerprint density at radius 1 is 1.33 bits per heavy atom. The van der Waals surface area contributed by atoms with Gasteiger partial charge in [-0.2, -0.15) is 0 Å². The van der Waals surface area contributed by atoms with Crippen LogP contribution in [0.15, 0.2) is 41.5 Å². The van der Waals surface area contributed by atoms with Crippen molar-refractivity contribution in [2.75, 3.05) is 13.2 Å². The number of carbonyl (C=O) groups excluding carboxylic acids is 2. The van der Waals surface area contributed by atoms with Gasteiger partial charge in [-0.3, -0.25) is 15.2 Å². The lowest BCUT2D eigenvalue weighted by molar-refractivity contribution is -0.141. The summed E-state index contributed by atoms with van der Waals surface area (Å²) in [5, 5.41) is 0. The van der Waals surface area contributed by atoms with Gasteiger partial charge in [-0.1, -0.05) is 30.3 Å². The Balaban J connectivity index is 2.75. The molecule has 0 unspecified atom stereocenters. The van der Waals surface area contributed by atoms with Crippen molar-refractivity contribution in [3.8, 4) is 0 Å².